The number of hydrogen-bond donors (Lipinski definition) is 2. The van der Waals surface area contributed by atoms with E-state index in [4.69, 9.17) is 16.7 Å². The summed E-state index contributed by atoms with van der Waals surface area (Å²) in [6.07, 6.45) is 0.760. The standard InChI is InChI=1S/C12H9ClN2O3S/c13-6-1-2-7-8(5-6)19-11(14-7)15-9(16)12(3-4-12)10(17)18/h1-2,5H,3-4H2,(H,17,18)(H,14,15,16). The third kappa shape index (κ3) is 2.06. The van der Waals surface area contributed by atoms with Crippen LogP contribution in [-0.2, 0) is 9.59 Å². The highest BCUT2D eigenvalue weighted by atomic mass is 35.5. The summed E-state index contributed by atoms with van der Waals surface area (Å²) in [4.78, 5) is 27.2. The Kier molecular flexibility index (Phi) is 2.72. The Bertz CT molecular complexity index is 693. The van der Waals surface area contributed by atoms with Gasteiger partial charge in [0.15, 0.2) is 5.13 Å². The van der Waals surface area contributed by atoms with Crippen molar-refractivity contribution in [2.24, 2.45) is 5.41 Å². The highest BCUT2D eigenvalue weighted by Crippen LogP contribution is 2.47. The minimum atomic E-state index is -1.25. The molecule has 0 spiro atoms. The van der Waals surface area contributed by atoms with Crippen molar-refractivity contribution in [3.8, 4) is 0 Å². The van der Waals surface area contributed by atoms with E-state index in [-0.39, 0.29) is 0 Å². The number of fused-ring (bicyclic) bond motifs is 1. The predicted molar refractivity (Wildman–Crippen MR) is 72.6 cm³/mol. The molecule has 0 atom stereocenters. The predicted octanol–water partition coefficient (Wildman–Crippen LogP) is 2.75. The van der Waals surface area contributed by atoms with Crippen LogP contribution < -0.4 is 5.32 Å². The summed E-state index contributed by atoms with van der Waals surface area (Å²) in [6.45, 7) is 0. The Hall–Kier alpha value is -1.66. The first-order chi connectivity index (χ1) is 9.01. The SMILES string of the molecule is O=C(O)C1(C(=O)Nc2nc3ccc(Cl)cc3s2)CC1. The number of hydrogen-bond acceptors (Lipinski definition) is 4. The number of nitrogens with one attached hydrogen (secondary N) is 1. The molecule has 1 fully saturated rings. The summed E-state index contributed by atoms with van der Waals surface area (Å²) in [7, 11) is 0. The van der Waals surface area contributed by atoms with Gasteiger partial charge in [0, 0.05) is 5.02 Å². The van der Waals surface area contributed by atoms with Crippen molar-refractivity contribution in [2.45, 2.75) is 12.8 Å². The van der Waals surface area contributed by atoms with Crippen LogP contribution in [-0.4, -0.2) is 22.0 Å². The summed E-state index contributed by atoms with van der Waals surface area (Å²) >= 11 is 7.15. The van der Waals surface area contributed by atoms with Crippen LogP contribution >= 0.6 is 22.9 Å². The molecule has 3 rings (SSSR count). The van der Waals surface area contributed by atoms with Gasteiger partial charge in [0.05, 0.1) is 10.2 Å². The number of aliphatic carboxylic acids is 1. The van der Waals surface area contributed by atoms with Crippen molar-refractivity contribution in [3.63, 3.8) is 0 Å². The second-order valence-corrected chi connectivity index (χ2v) is 5.94. The van der Waals surface area contributed by atoms with Crippen LogP contribution in [0.15, 0.2) is 18.2 Å². The van der Waals surface area contributed by atoms with Crippen molar-refractivity contribution in [1.29, 1.82) is 0 Å². The number of benzene rings is 1. The van der Waals surface area contributed by atoms with Crippen molar-refractivity contribution in [3.05, 3.63) is 23.2 Å². The van der Waals surface area contributed by atoms with E-state index in [9.17, 15) is 9.59 Å². The van der Waals surface area contributed by atoms with Crippen molar-refractivity contribution in [1.82, 2.24) is 4.98 Å². The smallest absolute Gasteiger partial charge is 0.319 e. The zero-order valence-electron chi connectivity index (χ0n) is 9.64. The molecule has 2 N–H and O–H groups in total. The lowest BCUT2D eigenvalue weighted by molar-refractivity contribution is -0.147. The number of thiazole rings is 1. The third-order valence-corrected chi connectivity index (χ3v) is 4.33. The minimum Gasteiger partial charge on any atom is -0.480 e. The van der Waals surface area contributed by atoms with E-state index >= 15 is 0 Å². The fourth-order valence-corrected chi connectivity index (χ4v) is 2.97. The number of carbonyl (C=O) groups excluding carboxylic acids is 1. The van der Waals surface area contributed by atoms with E-state index < -0.39 is 17.3 Å². The second-order valence-electron chi connectivity index (χ2n) is 4.47. The number of carbonyl (C=O) groups is 2. The normalized spacial score (nSPS) is 16.3. The van der Waals surface area contributed by atoms with E-state index in [2.05, 4.69) is 10.3 Å². The molecular formula is C12H9ClN2O3S. The maximum atomic E-state index is 11.9. The van der Waals surface area contributed by atoms with Crippen LogP contribution in [0.5, 0.6) is 0 Å². The number of rotatable bonds is 3. The molecule has 7 heteroatoms. The first kappa shape index (κ1) is 12.4. The van der Waals surface area contributed by atoms with Gasteiger partial charge in [0.1, 0.15) is 5.41 Å². The first-order valence-electron chi connectivity index (χ1n) is 5.62. The molecular weight excluding hydrogens is 288 g/mol. The quantitative estimate of drug-likeness (QED) is 0.854. The Morgan fingerprint density at radius 2 is 2.16 bits per heavy atom. The van der Waals surface area contributed by atoms with Gasteiger partial charge < -0.3 is 10.4 Å². The lowest BCUT2D eigenvalue weighted by atomic mass is 10.1. The van der Waals surface area contributed by atoms with Crippen molar-refractivity contribution < 1.29 is 14.7 Å². The molecule has 1 heterocycles. The van der Waals surface area contributed by atoms with E-state index in [0.29, 0.717) is 23.0 Å². The number of amides is 1. The summed E-state index contributed by atoms with van der Waals surface area (Å²) in [6, 6.07) is 5.23. The van der Waals surface area contributed by atoms with Gasteiger partial charge >= 0.3 is 5.97 Å². The molecule has 19 heavy (non-hydrogen) atoms. The largest absolute Gasteiger partial charge is 0.480 e. The second kappa shape index (κ2) is 4.18. The molecule has 1 aromatic carbocycles. The molecule has 0 radical (unpaired) electrons. The first-order valence-corrected chi connectivity index (χ1v) is 6.82. The van der Waals surface area contributed by atoms with E-state index in [1.54, 1.807) is 18.2 Å². The van der Waals surface area contributed by atoms with Crippen LogP contribution in [0, 0.1) is 5.41 Å². The summed E-state index contributed by atoms with van der Waals surface area (Å²) in [5, 5.41) is 12.6. The van der Waals surface area contributed by atoms with Crippen LogP contribution in [0.3, 0.4) is 0 Å². The molecule has 0 bridgehead atoms. The van der Waals surface area contributed by atoms with Gasteiger partial charge in [-0.2, -0.15) is 0 Å². The topological polar surface area (TPSA) is 79.3 Å². The van der Waals surface area contributed by atoms with Gasteiger partial charge in [-0.15, -0.1) is 0 Å². The number of halogens is 1. The highest BCUT2D eigenvalue weighted by Gasteiger charge is 2.57. The summed E-state index contributed by atoms with van der Waals surface area (Å²) < 4.78 is 0.850. The lowest BCUT2D eigenvalue weighted by Crippen LogP contribution is -2.31. The summed E-state index contributed by atoms with van der Waals surface area (Å²) in [5.74, 6) is -1.57. The van der Waals surface area contributed by atoms with Crippen LogP contribution in [0.4, 0.5) is 5.13 Å². The average Bonchev–Trinajstić information content (AvgIpc) is 3.07. The molecule has 1 aliphatic carbocycles. The highest BCUT2D eigenvalue weighted by molar-refractivity contribution is 7.22. The Morgan fingerprint density at radius 1 is 1.42 bits per heavy atom. The molecule has 1 amide bonds. The van der Waals surface area contributed by atoms with Crippen molar-refractivity contribution >= 4 is 50.2 Å². The number of anilines is 1. The van der Waals surface area contributed by atoms with Gasteiger partial charge in [-0.05, 0) is 31.0 Å². The molecule has 5 nitrogen and oxygen atoms in total. The Labute approximate surface area is 117 Å². The molecule has 0 aliphatic heterocycles. The molecule has 0 saturated heterocycles. The molecule has 98 valence electrons. The van der Waals surface area contributed by atoms with Crippen LogP contribution in [0.2, 0.25) is 5.02 Å². The third-order valence-electron chi connectivity index (χ3n) is 3.16. The maximum Gasteiger partial charge on any atom is 0.319 e. The van der Waals surface area contributed by atoms with E-state index in [1.165, 1.54) is 11.3 Å². The number of nitrogens with zero attached hydrogens (tertiary/aromatic N) is 1. The van der Waals surface area contributed by atoms with Crippen LogP contribution in [0.1, 0.15) is 12.8 Å². The zero-order chi connectivity index (χ0) is 13.6. The van der Waals surface area contributed by atoms with Crippen LogP contribution in [0.25, 0.3) is 10.2 Å². The number of aromatic nitrogens is 1. The van der Waals surface area contributed by atoms with E-state index in [1.807, 2.05) is 0 Å². The molecule has 1 saturated carbocycles. The number of carboxylic acid groups (broad SMARTS) is 1. The van der Waals surface area contributed by atoms with Gasteiger partial charge in [-0.25, -0.2) is 4.98 Å². The average molecular weight is 297 g/mol. The fraction of sp³-hybridized carbons (Fsp3) is 0.250. The molecule has 1 aromatic heterocycles. The summed E-state index contributed by atoms with van der Waals surface area (Å²) in [5.41, 5.74) is -0.528. The zero-order valence-corrected chi connectivity index (χ0v) is 11.2. The Balaban J connectivity index is 1.86. The Morgan fingerprint density at radius 3 is 2.79 bits per heavy atom. The molecule has 1 aliphatic rings. The monoisotopic (exact) mass is 296 g/mol. The van der Waals surface area contributed by atoms with Gasteiger partial charge in [-0.1, -0.05) is 22.9 Å². The minimum absolute atomic E-state index is 0.380. The maximum absolute atomic E-state index is 11.9. The van der Waals surface area contributed by atoms with Gasteiger partial charge in [-0.3, -0.25) is 9.59 Å². The number of carboxylic acids is 1. The fourth-order valence-electron chi connectivity index (χ4n) is 1.83. The molecule has 0 unspecified atom stereocenters. The molecule has 2 aromatic rings. The lowest BCUT2D eigenvalue weighted by Gasteiger charge is -2.07. The van der Waals surface area contributed by atoms with Gasteiger partial charge in [0.25, 0.3) is 0 Å². The van der Waals surface area contributed by atoms with Crippen molar-refractivity contribution in [2.75, 3.05) is 5.32 Å². The van der Waals surface area contributed by atoms with E-state index in [0.717, 1.165) is 10.2 Å². The van der Waals surface area contributed by atoms with Gasteiger partial charge in [0.2, 0.25) is 5.91 Å².